The van der Waals surface area contributed by atoms with Crippen LogP contribution in [-0.2, 0) is 13.2 Å². The monoisotopic (exact) mass is 772 g/mol. The maximum Gasteiger partial charge on any atom is 0.275 e. The lowest BCUT2D eigenvalue weighted by Crippen LogP contribution is -2.18. The van der Waals surface area contributed by atoms with Crippen LogP contribution < -0.4 is 14.9 Å². The molecule has 200 valence electrons. The Morgan fingerprint density at radius 1 is 0.800 bits per heavy atom. The number of hydrazone groups is 1. The number of benzene rings is 5. The SMILES string of the molecule is O=C(N/N=C\c1cc(I)c(OCc2cccc3ccccc23)c(I)c1)c1ccccc1OCc1ccccc1Cl. The summed E-state index contributed by atoms with van der Waals surface area (Å²) in [6, 6.07) is 33.0. The molecule has 0 aliphatic carbocycles. The molecule has 0 saturated carbocycles. The van der Waals surface area contributed by atoms with Crippen molar-refractivity contribution in [2.45, 2.75) is 13.2 Å². The summed E-state index contributed by atoms with van der Waals surface area (Å²) in [5.41, 5.74) is 5.80. The molecule has 0 spiro atoms. The molecule has 5 aromatic rings. The number of nitrogens with one attached hydrogen (secondary N) is 1. The van der Waals surface area contributed by atoms with E-state index in [0.717, 1.165) is 29.6 Å². The lowest BCUT2D eigenvalue weighted by atomic mass is 10.1. The number of hydrogen-bond acceptors (Lipinski definition) is 4. The Hall–Kier alpha value is -3.15. The summed E-state index contributed by atoms with van der Waals surface area (Å²) in [5, 5.41) is 7.17. The molecule has 0 saturated heterocycles. The third kappa shape index (κ3) is 6.94. The zero-order chi connectivity index (χ0) is 27.9. The fraction of sp³-hybridized carbons (Fsp3) is 0.0625. The van der Waals surface area contributed by atoms with Gasteiger partial charge in [-0.1, -0.05) is 84.4 Å². The van der Waals surface area contributed by atoms with Crippen LogP contribution in [0.2, 0.25) is 5.02 Å². The normalized spacial score (nSPS) is 11.1. The third-order valence-corrected chi connectivity index (χ3v) is 8.10. The topological polar surface area (TPSA) is 59.9 Å². The Morgan fingerprint density at radius 3 is 2.27 bits per heavy atom. The molecule has 0 fully saturated rings. The van der Waals surface area contributed by atoms with Crippen molar-refractivity contribution in [3.05, 3.63) is 138 Å². The van der Waals surface area contributed by atoms with Crippen LogP contribution in [0.5, 0.6) is 11.5 Å². The second-order valence-electron chi connectivity index (χ2n) is 8.82. The van der Waals surface area contributed by atoms with Crippen molar-refractivity contribution >= 4 is 79.7 Å². The Morgan fingerprint density at radius 2 is 1.45 bits per heavy atom. The van der Waals surface area contributed by atoms with E-state index in [9.17, 15) is 4.79 Å². The van der Waals surface area contributed by atoms with Gasteiger partial charge in [-0.3, -0.25) is 4.79 Å². The molecule has 0 aliphatic rings. The van der Waals surface area contributed by atoms with Crippen LogP contribution in [-0.4, -0.2) is 12.1 Å². The van der Waals surface area contributed by atoms with Gasteiger partial charge < -0.3 is 9.47 Å². The van der Waals surface area contributed by atoms with Crippen molar-refractivity contribution in [3.63, 3.8) is 0 Å². The predicted octanol–water partition coefficient (Wildman–Crippen LogP) is 8.62. The first kappa shape index (κ1) is 28.4. The second kappa shape index (κ2) is 13.5. The van der Waals surface area contributed by atoms with E-state index in [0.29, 0.717) is 22.9 Å². The van der Waals surface area contributed by atoms with E-state index in [-0.39, 0.29) is 12.5 Å². The molecule has 40 heavy (non-hydrogen) atoms. The number of rotatable bonds is 9. The summed E-state index contributed by atoms with van der Waals surface area (Å²) in [4.78, 5) is 12.9. The van der Waals surface area contributed by atoms with E-state index < -0.39 is 0 Å². The van der Waals surface area contributed by atoms with Gasteiger partial charge in [-0.05, 0) is 97.4 Å². The lowest BCUT2D eigenvalue weighted by Gasteiger charge is -2.13. The zero-order valence-electron chi connectivity index (χ0n) is 21.1. The first-order chi connectivity index (χ1) is 19.5. The standard InChI is InChI=1S/C32H23ClI2N2O3/c33-27-14-5-2-9-24(27)20-39-30-15-6-4-13-26(30)32(38)37-36-18-21-16-28(34)31(29(35)17-21)40-19-23-11-7-10-22-8-1-3-12-25(22)23/h1-18H,19-20H2,(H,37,38)/b36-18-. The highest BCUT2D eigenvalue weighted by Crippen LogP contribution is 2.30. The van der Waals surface area contributed by atoms with Crippen molar-refractivity contribution in [1.82, 2.24) is 5.43 Å². The molecule has 0 heterocycles. The minimum atomic E-state index is -0.370. The van der Waals surface area contributed by atoms with E-state index in [2.05, 4.69) is 80.0 Å². The molecule has 0 radical (unpaired) electrons. The Balaban J connectivity index is 1.23. The Kier molecular flexibility index (Phi) is 9.56. The number of nitrogens with zero attached hydrogens (tertiary/aromatic N) is 1. The smallest absolute Gasteiger partial charge is 0.275 e. The number of carbonyl (C=O) groups excluding carboxylic acids is 1. The maximum absolute atomic E-state index is 12.9. The largest absolute Gasteiger partial charge is 0.488 e. The van der Waals surface area contributed by atoms with Gasteiger partial charge in [0, 0.05) is 10.6 Å². The van der Waals surface area contributed by atoms with Crippen LogP contribution in [0.3, 0.4) is 0 Å². The van der Waals surface area contributed by atoms with Crippen LogP contribution in [0.4, 0.5) is 0 Å². The van der Waals surface area contributed by atoms with Crippen molar-refractivity contribution in [3.8, 4) is 11.5 Å². The molecule has 5 aromatic carbocycles. The molecular weight excluding hydrogens is 750 g/mol. The molecule has 0 atom stereocenters. The average molecular weight is 773 g/mol. The molecule has 0 aromatic heterocycles. The molecule has 5 rings (SSSR count). The van der Waals surface area contributed by atoms with Crippen molar-refractivity contribution in [1.29, 1.82) is 0 Å². The molecule has 0 unspecified atom stereocenters. The molecule has 0 bridgehead atoms. The van der Waals surface area contributed by atoms with E-state index in [1.54, 1.807) is 30.5 Å². The Labute approximate surface area is 264 Å². The average Bonchev–Trinajstić information content (AvgIpc) is 2.96. The van der Waals surface area contributed by atoms with Gasteiger partial charge in [-0.25, -0.2) is 5.43 Å². The van der Waals surface area contributed by atoms with Gasteiger partial charge in [-0.2, -0.15) is 5.10 Å². The third-order valence-electron chi connectivity index (χ3n) is 6.12. The molecule has 1 amide bonds. The van der Waals surface area contributed by atoms with Gasteiger partial charge in [0.25, 0.3) is 5.91 Å². The summed E-state index contributed by atoms with van der Waals surface area (Å²) < 4.78 is 14.1. The second-order valence-corrected chi connectivity index (χ2v) is 11.5. The van der Waals surface area contributed by atoms with Gasteiger partial charge in [0.15, 0.2) is 0 Å². The molecule has 5 nitrogen and oxygen atoms in total. The van der Waals surface area contributed by atoms with Gasteiger partial charge in [-0.15, -0.1) is 0 Å². The molecular formula is C32H23ClI2N2O3. The van der Waals surface area contributed by atoms with Crippen LogP contribution in [0.25, 0.3) is 10.8 Å². The summed E-state index contributed by atoms with van der Waals surface area (Å²) in [5.74, 6) is 0.900. The minimum absolute atomic E-state index is 0.249. The lowest BCUT2D eigenvalue weighted by molar-refractivity contribution is 0.0950. The maximum atomic E-state index is 12.9. The van der Waals surface area contributed by atoms with Crippen LogP contribution >= 0.6 is 56.8 Å². The van der Waals surface area contributed by atoms with Gasteiger partial charge in [0.2, 0.25) is 0 Å². The fourth-order valence-electron chi connectivity index (χ4n) is 4.14. The summed E-state index contributed by atoms with van der Waals surface area (Å²) >= 11 is 10.8. The molecule has 1 N–H and O–H groups in total. The van der Waals surface area contributed by atoms with Gasteiger partial charge >= 0.3 is 0 Å². The number of ether oxygens (including phenoxy) is 2. The first-order valence-electron chi connectivity index (χ1n) is 12.4. The fourth-order valence-corrected chi connectivity index (χ4v) is 6.45. The summed E-state index contributed by atoms with van der Waals surface area (Å²) in [6.07, 6.45) is 1.61. The van der Waals surface area contributed by atoms with Gasteiger partial charge in [0.1, 0.15) is 24.7 Å². The summed E-state index contributed by atoms with van der Waals surface area (Å²) in [6.45, 7) is 0.716. The van der Waals surface area contributed by atoms with Crippen molar-refractivity contribution in [2.75, 3.05) is 0 Å². The number of halogens is 3. The quantitative estimate of drug-likeness (QED) is 0.0928. The van der Waals surface area contributed by atoms with Crippen LogP contribution in [0.1, 0.15) is 27.0 Å². The number of fused-ring (bicyclic) bond motifs is 1. The van der Waals surface area contributed by atoms with E-state index in [4.69, 9.17) is 21.1 Å². The number of amides is 1. The van der Waals surface area contributed by atoms with E-state index >= 15 is 0 Å². The van der Waals surface area contributed by atoms with Crippen LogP contribution in [0.15, 0.2) is 108 Å². The van der Waals surface area contributed by atoms with Crippen LogP contribution in [0, 0.1) is 7.14 Å². The predicted molar refractivity (Wildman–Crippen MR) is 177 cm³/mol. The zero-order valence-corrected chi connectivity index (χ0v) is 26.2. The van der Waals surface area contributed by atoms with Crippen molar-refractivity contribution < 1.29 is 14.3 Å². The molecule has 8 heteroatoms. The Bertz CT molecular complexity index is 1680. The number of hydrogen-bond donors (Lipinski definition) is 1. The summed E-state index contributed by atoms with van der Waals surface area (Å²) in [7, 11) is 0. The van der Waals surface area contributed by atoms with Gasteiger partial charge in [0.05, 0.1) is 18.9 Å². The minimum Gasteiger partial charge on any atom is -0.488 e. The number of carbonyl (C=O) groups is 1. The highest BCUT2D eigenvalue weighted by atomic mass is 127. The van der Waals surface area contributed by atoms with E-state index in [1.165, 1.54) is 10.8 Å². The highest BCUT2D eigenvalue weighted by molar-refractivity contribution is 14.1. The van der Waals surface area contributed by atoms with Crippen molar-refractivity contribution in [2.24, 2.45) is 5.10 Å². The first-order valence-corrected chi connectivity index (χ1v) is 14.9. The number of para-hydroxylation sites is 1. The highest BCUT2D eigenvalue weighted by Gasteiger charge is 2.13. The molecule has 0 aliphatic heterocycles. The van der Waals surface area contributed by atoms with E-state index in [1.807, 2.05) is 54.6 Å².